The van der Waals surface area contributed by atoms with E-state index in [1.54, 1.807) is 0 Å². The molecule has 0 aromatic heterocycles. The van der Waals surface area contributed by atoms with E-state index in [-0.39, 0.29) is 12.5 Å². The number of hydrogen-bond donors (Lipinski definition) is 2. The second-order valence-electron chi connectivity index (χ2n) is 5.67. The van der Waals surface area contributed by atoms with Crippen molar-refractivity contribution in [3.63, 3.8) is 0 Å². The van der Waals surface area contributed by atoms with Gasteiger partial charge in [-0.3, -0.25) is 4.79 Å². The van der Waals surface area contributed by atoms with Crippen molar-refractivity contribution < 1.29 is 9.53 Å². The Morgan fingerprint density at radius 2 is 1.67 bits per heavy atom. The normalized spacial score (nSPS) is 30.1. The van der Waals surface area contributed by atoms with Crippen molar-refractivity contribution in [1.29, 1.82) is 0 Å². The first kappa shape index (κ1) is 13.8. The fourth-order valence-corrected chi connectivity index (χ4v) is 2.91. The summed E-state index contributed by atoms with van der Waals surface area (Å²) in [5.41, 5.74) is 5.27. The molecule has 0 unspecified atom stereocenters. The van der Waals surface area contributed by atoms with Gasteiger partial charge in [0.2, 0.25) is 5.91 Å². The van der Waals surface area contributed by atoms with Crippen molar-refractivity contribution in [2.45, 2.75) is 76.0 Å². The molecule has 3 N–H and O–H groups in total. The van der Waals surface area contributed by atoms with E-state index >= 15 is 0 Å². The van der Waals surface area contributed by atoms with E-state index in [9.17, 15) is 4.79 Å². The first-order valence-corrected chi connectivity index (χ1v) is 7.43. The van der Waals surface area contributed by atoms with Gasteiger partial charge in [0.25, 0.3) is 0 Å². The number of ether oxygens (including phenoxy) is 1. The quantitative estimate of drug-likeness (QED) is 0.803. The van der Waals surface area contributed by atoms with Gasteiger partial charge in [-0.25, -0.2) is 0 Å². The summed E-state index contributed by atoms with van der Waals surface area (Å²) in [5.74, 6) is -0.0515. The summed E-state index contributed by atoms with van der Waals surface area (Å²) in [6.45, 7) is 0.0879. The van der Waals surface area contributed by atoms with Crippen LogP contribution in [0.4, 0.5) is 0 Å². The van der Waals surface area contributed by atoms with Crippen molar-refractivity contribution in [1.82, 2.24) is 5.32 Å². The van der Waals surface area contributed by atoms with Crippen LogP contribution in [0, 0.1) is 0 Å². The number of hydrogen-bond acceptors (Lipinski definition) is 3. The van der Waals surface area contributed by atoms with Crippen LogP contribution in [0.15, 0.2) is 0 Å². The molecule has 0 radical (unpaired) electrons. The Kier molecular flexibility index (Phi) is 5.45. The van der Waals surface area contributed by atoms with E-state index in [0.717, 1.165) is 12.8 Å². The van der Waals surface area contributed by atoms with Crippen molar-refractivity contribution in [3.05, 3.63) is 0 Å². The Bertz CT molecular complexity index is 257. The van der Waals surface area contributed by atoms with Gasteiger partial charge in [-0.05, 0) is 25.7 Å². The number of rotatable bonds is 4. The number of carbonyl (C=O) groups excluding carboxylic acids is 1. The fraction of sp³-hybridized carbons (Fsp3) is 0.929. The van der Waals surface area contributed by atoms with Gasteiger partial charge in [0.1, 0.15) is 0 Å². The summed E-state index contributed by atoms with van der Waals surface area (Å²) < 4.78 is 6.13. The molecule has 0 aliphatic heterocycles. The van der Waals surface area contributed by atoms with Gasteiger partial charge >= 0.3 is 0 Å². The highest BCUT2D eigenvalue weighted by Gasteiger charge is 2.32. The summed E-state index contributed by atoms with van der Waals surface area (Å²) in [5, 5.41) is 2.91. The lowest BCUT2D eigenvalue weighted by Crippen LogP contribution is -2.50. The molecule has 2 saturated carbocycles. The summed E-state index contributed by atoms with van der Waals surface area (Å²) in [6, 6.07) is 0.291. The fourth-order valence-electron chi connectivity index (χ4n) is 2.91. The average Bonchev–Trinajstić information content (AvgIpc) is 2.28. The third-order valence-electron chi connectivity index (χ3n) is 4.08. The topological polar surface area (TPSA) is 64.4 Å². The Balaban J connectivity index is 1.61. The van der Waals surface area contributed by atoms with Crippen LogP contribution in [0.3, 0.4) is 0 Å². The molecule has 0 heterocycles. The summed E-state index contributed by atoms with van der Waals surface area (Å²) in [6.07, 6.45) is 11.9. The molecule has 0 bridgehead atoms. The molecule has 4 heteroatoms. The van der Waals surface area contributed by atoms with Crippen LogP contribution >= 0.6 is 0 Å². The van der Waals surface area contributed by atoms with E-state index < -0.39 is 0 Å². The second-order valence-corrected chi connectivity index (χ2v) is 5.67. The Labute approximate surface area is 110 Å². The highest BCUT2D eigenvalue weighted by Crippen LogP contribution is 2.28. The van der Waals surface area contributed by atoms with Crippen molar-refractivity contribution in [3.8, 4) is 0 Å². The predicted molar refractivity (Wildman–Crippen MR) is 71.2 cm³/mol. The van der Waals surface area contributed by atoms with Crippen LogP contribution in [0.2, 0.25) is 0 Å². The lowest BCUT2D eigenvalue weighted by Gasteiger charge is -2.38. The number of carbonyl (C=O) groups is 1. The SMILES string of the molecule is NCC(=O)N[C@H]1C[C@H](OC2CCCCCCC2)C1. The largest absolute Gasteiger partial charge is 0.375 e. The number of amides is 1. The van der Waals surface area contributed by atoms with E-state index in [1.165, 1.54) is 44.9 Å². The molecular formula is C14H26N2O2. The molecule has 0 aromatic rings. The first-order chi connectivity index (χ1) is 8.78. The molecule has 2 aliphatic carbocycles. The van der Waals surface area contributed by atoms with E-state index in [2.05, 4.69) is 5.32 Å². The average molecular weight is 254 g/mol. The zero-order valence-corrected chi connectivity index (χ0v) is 11.2. The molecule has 2 aliphatic rings. The van der Waals surface area contributed by atoms with Gasteiger partial charge in [0.05, 0.1) is 18.8 Å². The van der Waals surface area contributed by atoms with E-state index in [0.29, 0.717) is 18.2 Å². The molecule has 0 atom stereocenters. The van der Waals surface area contributed by atoms with Gasteiger partial charge < -0.3 is 15.8 Å². The molecule has 104 valence electrons. The Hall–Kier alpha value is -0.610. The van der Waals surface area contributed by atoms with Gasteiger partial charge in [-0.15, -0.1) is 0 Å². The maximum absolute atomic E-state index is 11.1. The lowest BCUT2D eigenvalue weighted by atomic mass is 9.88. The van der Waals surface area contributed by atoms with Crippen LogP contribution in [0.25, 0.3) is 0 Å². The Morgan fingerprint density at radius 1 is 1.06 bits per heavy atom. The molecule has 4 nitrogen and oxygen atoms in total. The minimum Gasteiger partial charge on any atom is -0.375 e. The van der Waals surface area contributed by atoms with Gasteiger partial charge in [0.15, 0.2) is 0 Å². The second kappa shape index (κ2) is 7.10. The van der Waals surface area contributed by atoms with Crippen molar-refractivity contribution in [2.75, 3.05) is 6.54 Å². The minimum atomic E-state index is -0.0515. The number of nitrogens with two attached hydrogens (primary N) is 1. The maximum atomic E-state index is 11.1. The third kappa shape index (κ3) is 4.25. The number of nitrogens with one attached hydrogen (secondary N) is 1. The minimum absolute atomic E-state index is 0.0515. The van der Waals surface area contributed by atoms with Gasteiger partial charge in [-0.1, -0.05) is 32.1 Å². The molecule has 0 aromatic carbocycles. The first-order valence-electron chi connectivity index (χ1n) is 7.43. The third-order valence-corrected chi connectivity index (χ3v) is 4.08. The molecule has 18 heavy (non-hydrogen) atoms. The lowest BCUT2D eigenvalue weighted by molar-refractivity contribution is -0.123. The van der Waals surface area contributed by atoms with Crippen LogP contribution in [0.1, 0.15) is 57.8 Å². The summed E-state index contributed by atoms with van der Waals surface area (Å²) in [4.78, 5) is 11.1. The zero-order valence-electron chi connectivity index (χ0n) is 11.2. The molecule has 0 saturated heterocycles. The van der Waals surface area contributed by atoms with Crippen LogP contribution in [-0.2, 0) is 9.53 Å². The van der Waals surface area contributed by atoms with Crippen molar-refractivity contribution >= 4 is 5.91 Å². The van der Waals surface area contributed by atoms with Crippen LogP contribution < -0.4 is 11.1 Å². The predicted octanol–water partition coefficient (Wildman–Crippen LogP) is 1.72. The van der Waals surface area contributed by atoms with Crippen LogP contribution in [0.5, 0.6) is 0 Å². The van der Waals surface area contributed by atoms with Crippen molar-refractivity contribution in [2.24, 2.45) is 5.73 Å². The highest BCUT2D eigenvalue weighted by molar-refractivity contribution is 5.78. The highest BCUT2D eigenvalue weighted by atomic mass is 16.5. The van der Waals surface area contributed by atoms with E-state index in [1.807, 2.05) is 0 Å². The summed E-state index contributed by atoms with van der Waals surface area (Å²) >= 11 is 0. The molecule has 0 spiro atoms. The van der Waals surface area contributed by atoms with Crippen LogP contribution in [-0.4, -0.2) is 30.7 Å². The zero-order chi connectivity index (χ0) is 12.8. The monoisotopic (exact) mass is 254 g/mol. The molecule has 2 rings (SSSR count). The molecule has 2 fully saturated rings. The smallest absolute Gasteiger partial charge is 0.233 e. The summed E-state index contributed by atoms with van der Waals surface area (Å²) in [7, 11) is 0. The van der Waals surface area contributed by atoms with Gasteiger partial charge in [0, 0.05) is 6.04 Å². The maximum Gasteiger partial charge on any atom is 0.233 e. The molecular weight excluding hydrogens is 228 g/mol. The molecule has 1 amide bonds. The standard InChI is InChI=1S/C14H26N2O2/c15-10-14(17)16-11-8-13(9-11)18-12-6-4-2-1-3-5-7-12/h11-13H,1-10,15H2,(H,16,17)/t11-,13-. The van der Waals surface area contributed by atoms with E-state index in [4.69, 9.17) is 10.5 Å². The van der Waals surface area contributed by atoms with Gasteiger partial charge in [-0.2, -0.15) is 0 Å². The Morgan fingerprint density at radius 3 is 2.28 bits per heavy atom.